The molecule has 101 heavy (non-hydrogen) atoms. The zero-order valence-electron chi connectivity index (χ0n) is 54.1. The predicted octanol–water partition coefficient (Wildman–Crippen LogP) is 15.6. The van der Waals surface area contributed by atoms with E-state index in [1.165, 1.54) is 99.1 Å². The smallest absolute Gasteiger partial charge is 0.257 e. The molecule has 25 heteroatoms. The summed E-state index contributed by atoms with van der Waals surface area (Å²) in [6, 6.07) is 40.1. The third-order valence-corrected chi connectivity index (χ3v) is 16.7. The minimum absolute atomic E-state index is 0.0472. The number of amides is 3. The van der Waals surface area contributed by atoms with Crippen LogP contribution < -0.4 is 30.0 Å². The van der Waals surface area contributed by atoms with Crippen molar-refractivity contribution in [1.82, 2.24) is 35.1 Å². The number of nitrogen functional groups attached to an aromatic ring is 1. The number of halogens is 10. The molecule has 0 aliphatic carbocycles. The normalized spacial score (nSPS) is 12.4. The summed E-state index contributed by atoms with van der Waals surface area (Å²) in [5.74, 6) is -4.04. The quantitative estimate of drug-likeness (QED) is 0.0732. The van der Waals surface area contributed by atoms with Gasteiger partial charge in [-0.2, -0.15) is 0 Å². The van der Waals surface area contributed by atoms with Gasteiger partial charge in [0.1, 0.15) is 75.4 Å². The first-order valence-electron chi connectivity index (χ1n) is 30.8. The predicted molar refractivity (Wildman–Crippen MR) is 358 cm³/mol. The van der Waals surface area contributed by atoms with Crippen LogP contribution >= 0.6 is 11.6 Å². The van der Waals surface area contributed by atoms with Gasteiger partial charge < -0.3 is 39.8 Å². The summed E-state index contributed by atoms with van der Waals surface area (Å²) < 4.78 is 146. The second kappa shape index (κ2) is 31.0. The highest BCUT2D eigenvalue weighted by molar-refractivity contribution is 6.34. The maximum atomic E-state index is 14.6. The topological polar surface area (TPSA) is 184 Å². The average Bonchev–Trinajstić information content (AvgIpc) is 1.67. The molecule has 3 amide bonds. The number of ether oxygens (including phenoxy) is 4. The van der Waals surface area contributed by atoms with E-state index in [1.54, 1.807) is 60.4 Å². The molecule has 3 aliphatic heterocycles. The Morgan fingerprint density at radius 1 is 0.446 bits per heavy atom. The highest BCUT2D eigenvalue weighted by Crippen LogP contribution is 2.39. The zero-order chi connectivity index (χ0) is 71.8. The van der Waals surface area contributed by atoms with E-state index in [0.29, 0.717) is 80.1 Å². The first kappa shape index (κ1) is 70.5. The molecule has 0 atom stereocenters. The van der Waals surface area contributed by atoms with Gasteiger partial charge in [-0.25, -0.2) is 54.5 Å². The van der Waals surface area contributed by atoms with Gasteiger partial charge in [-0.15, -0.1) is 0 Å². The molecule has 0 saturated heterocycles. The number of nitrogens with one attached hydrogen (secondary N) is 1. The molecule has 3 aliphatic rings. The third-order valence-electron chi connectivity index (χ3n) is 16.4. The van der Waals surface area contributed by atoms with E-state index in [0.717, 1.165) is 59.3 Å². The molecule has 3 N–H and O–H groups in total. The lowest BCUT2D eigenvalue weighted by molar-refractivity contribution is 0.0757. The Hall–Kier alpha value is -11.8. The van der Waals surface area contributed by atoms with Gasteiger partial charge in [0, 0.05) is 41.1 Å². The number of nitrogens with zero attached hydrogens (tertiary/aromatic N) is 6. The number of anilines is 1. The van der Waals surface area contributed by atoms with Gasteiger partial charge in [0.05, 0.1) is 140 Å². The van der Waals surface area contributed by atoms with Crippen LogP contribution in [0.25, 0.3) is 33.8 Å². The summed E-state index contributed by atoms with van der Waals surface area (Å²) in [6.45, 7) is 0.973. The lowest BCUT2D eigenvalue weighted by Crippen LogP contribution is -2.24. The van der Waals surface area contributed by atoms with E-state index in [2.05, 4.69) is 25.3 Å². The molecule has 0 spiro atoms. The lowest BCUT2D eigenvalue weighted by atomic mass is 9.97. The number of methoxy groups -OCH3 is 4. The molecule has 0 saturated carbocycles. The molecule has 0 unspecified atom stereocenters. The monoisotopic (exact) mass is 1400 g/mol. The second-order valence-electron chi connectivity index (χ2n) is 22.9. The van der Waals surface area contributed by atoms with Crippen molar-refractivity contribution in [3.63, 3.8) is 0 Å². The number of nitrogens with two attached hydrogens (primary N) is 1. The Labute approximate surface area is 577 Å². The van der Waals surface area contributed by atoms with Crippen LogP contribution in [-0.2, 0) is 45.6 Å². The standard InChI is InChI=1S/C28H22F3N3O3.C22H17ClF2N2O3.C20H13F3N2O.C6H6FN/c1-36-20-9-6-16(25(12-20)37-2)14-34-15-24-26(28(34)35)17(10-19-8-7-18(29)13-32-19)11-23(33-24)27-21(30)4-3-5-22(27)31;1-29-13-7-6-12(19(8-13)30-2)10-27-11-18-20(22(27)28)14(23)9-17(26-18)21-15(24)4-3-5-16(21)25;21-13-6-4-11(5-7-13)8-12-9-16(19-14(22)2-1-3-15(19)23)25-17-10-24-20(26)18(12)17;7-5-1-3-6(8)4-2-5/h3-9,11-13H,10,14-15H2,1-2H3;3-9H,10-11H2,1-2H3;1-7,9H,8,10H2,(H,24,26);1-4H,8H2. The second-order valence-corrected chi connectivity index (χ2v) is 23.3. The summed E-state index contributed by atoms with van der Waals surface area (Å²) in [5, 5.41) is 2.78. The van der Waals surface area contributed by atoms with Crippen LogP contribution in [0.1, 0.15) is 81.7 Å². The van der Waals surface area contributed by atoms with Crippen LogP contribution in [0.15, 0.2) is 176 Å². The number of carbonyl (C=O) groups is 3. The van der Waals surface area contributed by atoms with Gasteiger partial charge in [-0.1, -0.05) is 41.9 Å². The van der Waals surface area contributed by atoms with Gasteiger partial charge in [-0.05, 0) is 151 Å². The van der Waals surface area contributed by atoms with Crippen molar-refractivity contribution < 1.29 is 72.8 Å². The van der Waals surface area contributed by atoms with Gasteiger partial charge in [0.2, 0.25) is 0 Å². The van der Waals surface area contributed by atoms with E-state index < -0.39 is 40.7 Å². The molecule has 7 aromatic carbocycles. The molecular formula is C76H58ClF9N8O7. The van der Waals surface area contributed by atoms with Gasteiger partial charge in [-0.3, -0.25) is 19.4 Å². The van der Waals surface area contributed by atoms with Gasteiger partial charge in [0.25, 0.3) is 17.7 Å². The maximum Gasteiger partial charge on any atom is 0.257 e. The Balaban J connectivity index is 0.000000146. The van der Waals surface area contributed by atoms with Crippen molar-refractivity contribution in [3.05, 3.63) is 301 Å². The molecule has 7 heterocycles. The molecule has 15 nitrogen and oxygen atoms in total. The molecule has 11 aromatic rings. The van der Waals surface area contributed by atoms with Crippen LogP contribution in [0.3, 0.4) is 0 Å². The van der Waals surface area contributed by atoms with Crippen LogP contribution in [0.4, 0.5) is 45.2 Å². The lowest BCUT2D eigenvalue weighted by Gasteiger charge is -2.18. The number of pyridine rings is 4. The fraction of sp³-hybridized carbons (Fsp3) is 0.145. The number of aromatic nitrogens is 4. The molecule has 0 fully saturated rings. The Morgan fingerprint density at radius 3 is 1.32 bits per heavy atom. The summed E-state index contributed by atoms with van der Waals surface area (Å²) in [5.41, 5.74) is 11.4. The minimum Gasteiger partial charge on any atom is -0.497 e. The van der Waals surface area contributed by atoms with Crippen LogP contribution in [-0.4, -0.2) is 75.9 Å². The van der Waals surface area contributed by atoms with Gasteiger partial charge >= 0.3 is 0 Å². The number of benzene rings is 7. The largest absolute Gasteiger partial charge is 0.497 e. The van der Waals surface area contributed by atoms with Crippen LogP contribution in [0, 0.1) is 52.4 Å². The minimum atomic E-state index is -0.762. The van der Waals surface area contributed by atoms with Crippen molar-refractivity contribution in [2.45, 2.75) is 45.6 Å². The highest BCUT2D eigenvalue weighted by Gasteiger charge is 2.36. The number of hydrogen-bond acceptors (Lipinski definition) is 12. The molecule has 0 bridgehead atoms. The molecule has 514 valence electrons. The molecular weight excluding hydrogens is 1340 g/mol. The number of rotatable bonds is 15. The van der Waals surface area contributed by atoms with E-state index in [-0.39, 0.29) is 113 Å². The van der Waals surface area contributed by atoms with Crippen LogP contribution in [0.5, 0.6) is 23.0 Å². The first-order chi connectivity index (χ1) is 48.6. The van der Waals surface area contributed by atoms with Crippen molar-refractivity contribution >= 4 is 35.0 Å². The third kappa shape index (κ3) is 15.9. The molecule has 14 rings (SSSR count). The average molecular weight is 1400 g/mol. The van der Waals surface area contributed by atoms with E-state index in [1.807, 2.05) is 12.1 Å². The number of hydrogen-bond donors (Lipinski definition) is 2. The maximum absolute atomic E-state index is 14.6. The van der Waals surface area contributed by atoms with Gasteiger partial charge in [0.15, 0.2) is 0 Å². The van der Waals surface area contributed by atoms with E-state index >= 15 is 0 Å². The van der Waals surface area contributed by atoms with Crippen molar-refractivity contribution in [1.29, 1.82) is 0 Å². The Bertz CT molecular complexity index is 4880. The summed E-state index contributed by atoms with van der Waals surface area (Å²) in [4.78, 5) is 59.0. The molecule has 0 radical (unpaired) electrons. The van der Waals surface area contributed by atoms with Crippen molar-refractivity contribution in [2.24, 2.45) is 0 Å². The number of fused-ring (bicyclic) bond motifs is 3. The van der Waals surface area contributed by atoms with Crippen molar-refractivity contribution in [3.8, 4) is 56.8 Å². The van der Waals surface area contributed by atoms with E-state index in [9.17, 15) is 53.9 Å². The summed E-state index contributed by atoms with van der Waals surface area (Å²) >= 11 is 6.32. The van der Waals surface area contributed by atoms with Crippen molar-refractivity contribution in [2.75, 3.05) is 34.2 Å². The van der Waals surface area contributed by atoms with E-state index in [4.69, 9.17) is 36.3 Å². The Kier molecular flexibility index (Phi) is 21.6. The Morgan fingerprint density at radius 2 is 0.871 bits per heavy atom. The SMILES string of the molecule is COc1ccc(CN2Cc3nc(-c4c(F)cccc4F)cc(Cc4ccc(F)cn4)c3C2=O)c(OC)c1.COc1ccc(CN2Cc3nc(-c4c(F)cccc4F)cc(Cl)c3C2=O)c(OC)c1.Nc1ccc(F)cc1.O=C1NCc2nc(-c3c(F)cccc3F)cc(Cc3ccc(F)cc3)c21. The highest BCUT2D eigenvalue weighted by atomic mass is 35.5. The zero-order valence-corrected chi connectivity index (χ0v) is 54.8. The first-order valence-corrected chi connectivity index (χ1v) is 31.2. The number of carbonyl (C=O) groups excluding carboxylic acids is 3. The fourth-order valence-corrected chi connectivity index (χ4v) is 11.9. The summed E-state index contributed by atoms with van der Waals surface area (Å²) in [7, 11) is 6.17. The summed E-state index contributed by atoms with van der Waals surface area (Å²) in [6.07, 6.45) is 1.56. The van der Waals surface area contributed by atoms with Crippen LogP contribution in [0.2, 0.25) is 5.02 Å². The fourth-order valence-electron chi connectivity index (χ4n) is 11.6. The molecule has 4 aromatic heterocycles.